The second-order valence-electron chi connectivity index (χ2n) is 5.99. The van der Waals surface area contributed by atoms with Crippen molar-refractivity contribution in [3.8, 4) is 11.1 Å². The topological polar surface area (TPSA) is 26.0 Å². The van der Waals surface area contributed by atoms with Gasteiger partial charge in [-0.25, -0.2) is 0 Å². The van der Waals surface area contributed by atoms with Gasteiger partial charge >= 0.3 is 0 Å². The van der Waals surface area contributed by atoms with E-state index in [0.29, 0.717) is 0 Å². The zero-order chi connectivity index (χ0) is 14.4. The van der Waals surface area contributed by atoms with Crippen molar-refractivity contribution in [2.45, 2.75) is 25.8 Å². The molecule has 1 aliphatic rings. The van der Waals surface area contributed by atoms with Gasteiger partial charge in [0.05, 0.1) is 0 Å². The molecule has 0 amide bonds. The lowest BCUT2D eigenvalue weighted by Crippen LogP contribution is -2.06. The molecule has 1 nitrogen and oxygen atoms in total. The van der Waals surface area contributed by atoms with Crippen LogP contribution in [0.25, 0.3) is 21.9 Å². The quantitative estimate of drug-likeness (QED) is 0.724. The molecular formula is C20H19N. The summed E-state index contributed by atoms with van der Waals surface area (Å²) in [6.07, 6.45) is 2.34. The number of nitrogens with two attached hydrogens (primary N) is 1. The highest BCUT2D eigenvalue weighted by atomic mass is 14.6. The van der Waals surface area contributed by atoms with E-state index < -0.39 is 0 Å². The van der Waals surface area contributed by atoms with Crippen LogP contribution in [0.15, 0.2) is 54.6 Å². The lowest BCUT2D eigenvalue weighted by atomic mass is 9.91. The molecule has 1 unspecified atom stereocenters. The molecule has 0 fully saturated rings. The zero-order valence-electron chi connectivity index (χ0n) is 12.3. The van der Waals surface area contributed by atoms with Crippen molar-refractivity contribution in [2.75, 3.05) is 0 Å². The van der Waals surface area contributed by atoms with Gasteiger partial charge in [-0.15, -0.1) is 0 Å². The molecule has 0 spiro atoms. The van der Waals surface area contributed by atoms with Gasteiger partial charge in [0.15, 0.2) is 0 Å². The Labute approximate surface area is 125 Å². The smallest absolute Gasteiger partial charge is 0.0272 e. The number of rotatable bonds is 2. The van der Waals surface area contributed by atoms with Gasteiger partial charge in [-0.2, -0.15) is 0 Å². The van der Waals surface area contributed by atoms with Gasteiger partial charge < -0.3 is 5.73 Å². The van der Waals surface area contributed by atoms with E-state index in [9.17, 15) is 0 Å². The second kappa shape index (κ2) is 4.71. The standard InChI is InChI=1S/C20H19N/c1-13(21)16-6-2-3-7-17(16)18-12-11-15-10-9-14-5-4-8-19(18)20(14)15/h2-8,11-13H,9-10,21H2,1H3. The molecule has 0 aliphatic heterocycles. The van der Waals surface area contributed by atoms with Gasteiger partial charge in [0.1, 0.15) is 0 Å². The minimum absolute atomic E-state index is 0.0456. The van der Waals surface area contributed by atoms with Gasteiger partial charge in [0.25, 0.3) is 0 Å². The number of hydrogen-bond donors (Lipinski definition) is 1. The fourth-order valence-corrected chi connectivity index (χ4v) is 3.62. The first-order chi connectivity index (χ1) is 10.3. The predicted molar refractivity (Wildman–Crippen MR) is 89.4 cm³/mol. The van der Waals surface area contributed by atoms with E-state index in [4.69, 9.17) is 5.73 Å². The maximum absolute atomic E-state index is 6.17. The number of benzene rings is 3. The first-order valence-corrected chi connectivity index (χ1v) is 7.64. The third-order valence-electron chi connectivity index (χ3n) is 4.62. The maximum atomic E-state index is 6.17. The van der Waals surface area contributed by atoms with Crippen LogP contribution in [0.3, 0.4) is 0 Å². The van der Waals surface area contributed by atoms with Crippen molar-refractivity contribution in [3.05, 3.63) is 71.3 Å². The molecule has 0 saturated heterocycles. The van der Waals surface area contributed by atoms with Crippen LogP contribution in [0.4, 0.5) is 0 Å². The molecule has 1 aliphatic carbocycles. The number of hydrogen-bond acceptors (Lipinski definition) is 1. The Bertz CT molecular complexity index is 820. The molecule has 0 heterocycles. The van der Waals surface area contributed by atoms with E-state index in [2.05, 4.69) is 61.5 Å². The normalized spacial score (nSPS) is 14.6. The highest BCUT2D eigenvalue weighted by Crippen LogP contribution is 2.38. The summed E-state index contributed by atoms with van der Waals surface area (Å²) in [7, 11) is 0. The minimum atomic E-state index is 0.0456. The molecule has 2 N–H and O–H groups in total. The Hall–Kier alpha value is -2.12. The SMILES string of the molecule is CC(N)c1ccccc1-c1ccc2c3c(cccc13)CC2. The van der Waals surface area contributed by atoms with Crippen molar-refractivity contribution < 1.29 is 0 Å². The van der Waals surface area contributed by atoms with Crippen LogP contribution >= 0.6 is 0 Å². The molecule has 0 saturated carbocycles. The lowest BCUT2D eigenvalue weighted by molar-refractivity contribution is 0.820. The molecule has 104 valence electrons. The van der Waals surface area contributed by atoms with Gasteiger partial charge in [-0.05, 0) is 58.4 Å². The second-order valence-corrected chi connectivity index (χ2v) is 5.99. The molecule has 0 radical (unpaired) electrons. The molecule has 3 aromatic carbocycles. The summed E-state index contributed by atoms with van der Waals surface area (Å²) < 4.78 is 0. The Morgan fingerprint density at radius 3 is 2.38 bits per heavy atom. The highest BCUT2D eigenvalue weighted by Gasteiger charge is 2.17. The summed E-state index contributed by atoms with van der Waals surface area (Å²) in [6, 6.07) is 19.8. The minimum Gasteiger partial charge on any atom is -0.324 e. The van der Waals surface area contributed by atoms with Crippen LogP contribution in [0.5, 0.6) is 0 Å². The summed E-state index contributed by atoms with van der Waals surface area (Å²) in [5.74, 6) is 0. The Morgan fingerprint density at radius 1 is 0.810 bits per heavy atom. The Kier molecular flexibility index (Phi) is 2.83. The fraction of sp³-hybridized carbons (Fsp3) is 0.200. The maximum Gasteiger partial charge on any atom is 0.0272 e. The van der Waals surface area contributed by atoms with Crippen LogP contribution in [-0.2, 0) is 12.8 Å². The van der Waals surface area contributed by atoms with Crippen LogP contribution in [0, 0.1) is 0 Å². The third-order valence-corrected chi connectivity index (χ3v) is 4.62. The third kappa shape index (κ3) is 1.89. The van der Waals surface area contributed by atoms with Crippen molar-refractivity contribution in [1.82, 2.24) is 0 Å². The van der Waals surface area contributed by atoms with E-state index >= 15 is 0 Å². The average Bonchev–Trinajstić information content (AvgIpc) is 2.93. The Balaban J connectivity index is 2.05. The van der Waals surface area contributed by atoms with Crippen molar-refractivity contribution in [3.63, 3.8) is 0 Å². The zero-order valence-corrected chi connectivity index (χ0v) is 12.3. The Morgan fingerprint density at radius 2 is 1.57 bits per heavy atom. The molecule has 4 rings (SSSR count). The molecule has 0 bridgehead atoms. The van der Waals surface area contributed by atoms with E-state index in [-0.39, 0.29) is 6.04 Å². The molecule has 0 aromatic heterocycles. The predicted octanol–water partition coefficient (Wildman–Crippen LogP) is 4.63. The van der Waals surface area contributed by atoms with Crippen molar-refractivity contribution in [1.29, 1.82) is 0 Å². The number of aryl methyl sites for hydroxylation is 2. The van der Waals surface area contributed by atoms with E-state index in [1.54, 1.807) is 0 Å². The van der Waals surface area contributed by atoms with Crippen molar-refractivity contribution in [2.24, 2.45) is 5.73 Å². The van der Waals surface area contributed by atoms with Crippen LogP contribution in [-0.4, -0.2) is 0 Å². The molecule has 3 aromatic rings. The summed E-state index contributed by atoms with van der Waals surface area (Å²) >= 11 is 0. The molecular weight excluding hydrogens is 254 g/mol. The summed E-state index contributed by atoms with van der Waals surface area (Å²) in [4.78, 5) is 0. The van der Waals surface area contributed by atoms with E-state index in [1.807, 2.05) is 0 Å². The van der Waals surface area contributed by atoms with Gasteiger partial charge in [-0.1, -0.05) is 54.6 Å². The van der Waals surface area contributed by atoms with Crippen LogP contribution in [0.2, 0.25) is 0 Å². The summed E-state index contributed by atoms with van der Waals surface area (Å²) in [5, 5.41) is 2.84. The first-order valence-electron chi connectivity index (χ1n) is 7.64. The van der Waals surface area contributed by atoms with E-state index in [1.165, 1.54) is 51.4 Å². The molecule has 1 atom stereocenters. The largest absolute Gasteiger partial charge is 0.324 e. The summed E-state index contributed by atoms with van der Waals surface area (Å²) in [6.45, 7) is 2.05. The first kappa shape index (κ1) is 12.6. The van der Waals surface area contributed by atoms with Gasteiger partial charge in [0, 0.05) is 6.04 Å². The molecule has 21 heavy (non-hydrogen) atoms. The van der Waals surface area contributed by atoms with Gasteiger partial charge in [-0.3, -0.25) is 0 Å². The molecule has 1 heteroatoms. The summed E-state index contributed by atoms with van der Waals surface area (Å²) in [5.41, 5.74) is 12.9. The lowest BCUT2D eigenvalue weighted by Gasteiger charge is -2.15. The monoisotopic (exact) mass is 273 g/mol. The fourth-order valence-electron chi connectivity index (χ4n) is 3.62. The van der Waals surface area contributed by atoms with E-state index in [0.717, 1.165) is 0 Å². The van der Waals surface area contributed by atoms with Crippen molar-refractivity contribution >= 4 is 10.8 Å². The highest BCUT2D eigenvalue weighted by molar-refractivity contribution is 6.01. The van der Waals surface area contributed by atoms with Crippen LogP contribution in [0.1, 0.15) is 29.7 Å². The average molecular weight is 273 g/mol. The van der Waals surface area contributed by atoms with Crippen LogP contribution < -0.4 is 5.73 Å². The van der Waals surface area contributed by atoms with Gasteiger partial charge in [0.2, 0.25) is 0 Å².